The van der Waals surface area contributed by atoms with E-state index >= 15 is 0 Å². The number of carbonyl (C=O) groups is 1. The number of pyridine rings is 1. The van der Waals surface area contributed by atoms with Crippen molar-refractivity contribution in [3.63, 3.8) is 0 Å². The van der Waals surface area contributed by atoms with Crippen molar-refractivity contribution in [2.45, 2.75) is 88.4 Å². The Hall–Kier alpha value is -2.34. The molecular weight excluding hydrogens is 430 g/mol. The molecule has 2 aliphatic heterocycles. The Labute approximate surface area is 201 Å². The van der Waals surface area contributed by atoms with Crippen molar-refractivity contribution in [3.8, 4) is 5.75 Å². The van der Waals surface area contributed by atoms with E-state index in [9.17, 15) is 9.90 Å². The Morgan fingerprint density at radius 3 is 2.67 bits per heavy atom. The van der Waals surface area contributed by atoms with E-state index in [1.807, 2.05) is 29.3 Å². The van der Waals surface area contributed by atoms with Gasteiger partial charge in [0.05, 0.1) is 17.4 Å². The lowest BCUT2D eigenvalue weighted by Crippen LogP contribution is -2.48. The van der Waals surface area contributed by atoms with Crippen LogP contribution in [-0.4, -0.2) is 32.1 Å². The summed E-state index contributed by atoms with van der Waals surface area (Å²) in [6.45, 7) is 7.04. The number of aromatic nitrogens is 1. The van der Waals surface area contributed by atoms with Crippen molar-refractivity contribution in [2.75, 3.05) is 0 Å². The second kappa shape index (κ2) is 10.7. The molecule has 0 aliphatic carbocycles. The van der Waals surface area contributed by atoms with Crippen molar-refractivity contribution in [2.24, 2.45) is 10.9 Å². The minimum atomic E-state index is -0.346. The van der Waals surface area contributed by atoms with Gasteiger partial charge >= 0.3 is 0 Å². The van der Waals surface area contributed by atoms with Gasteiger partial charge in [0.1, 0.15) is 17.0 Å². The van der Waals surface area contributed by atoms with Crippen LogP contribution in [0.25, 0.3) is 0 Å². The minimum absolute atomic E-state index is 0.0992. The van der Waals surface area contributed by atoms with E-state index < -0.39 is 0 Å². The molecule has 5 nitrogen and oxygen atoms in total. The molecule has 1 N–H and O–H groups in total. The first kappa shape index (κ1) is 23.8. The van der Waals surface area contributed by atoms with E-state index in [1.165, 1.54) is 0 Å². The number of carbonyl (C=O) groups excluding carboxylic acids is 1. The number of amidine groups is 1. The van der Waals surface area contributed by atoms with Crippen molar-refractivity contribution in [1.29, 1.82) is 0 Å². The number of fused-ring (bicyclic) bond motifs is 3. The van der Waals surface area contributed by atoms with Crippen molar-refractivity contribution in [3.05, 3.63) is 53.3 Å². The zero-order valence-corrected chi connectivity index (χ0v) is 20.8. The summed E-state index contributed by atoms with van der Waals surface area (Å²) in [5.74, 6) is 1.21. The lowest BCUT2D eigenvalue weighted by molar-refractivity contribution is -0.130. The summed E-state index contributed by atoms with van der Waals surface area (Å²) in [5.41, 5.74) is 3.06. The van der Waals surface area contributed by atoms with E-state index in [-0.39, 0.29) is 23.1 Å². The number of hydrogen-bond acceptors (Lipinski definition) is 5. The van der Waals surface area contributed by atoms with E-state index in [4.69, 9.17) is 4.99 Å². The number of nitrogens with zero attached hydrogens (tertiary/aromatic N) is 3. The summed E-state index contributed by atoms with van der Waals surface area (Å²) in [5, 5.41) is 10.6. The van der Waals surface area contributed by atoms with Crippen LogP contribution in [0.2, 0.25) is 0 Å². The van der Waals surface area contributed by atoms with Crippen LogP contribution in [-0.2, 0) is 17.8 Å². The molecule has 2 aromatic rings. The third kappa shape index (κ3) is 4.96. The van der Waals surface area contributed by atoms with Gasteiger partial charge in [0.25, 0.3) is 0 Å². The van der Waals surface area contributed by atoms with E-state index in [2.05, 4.69) is 31.8 Å². The molecule has 0 spiro atoms. The fraction of sp³-hybridized carbons (Fsp3) is 0.519. The zero-order valence-electron chi connectivity index (χ0n) is 20.0. The summed E-state index contributed by atoms with van der Waals surface area (Å²) in [7, 11) is 0. The number of thioether (sulfide) groups is 1. The summed E-state index contributed by atoms with van der Waals surface area (Å²) >= 11 is 1.55. The van der Waals surface area contributed by atoms with Gasteiger partial charge in [-0.2, -0.15) is 0 Å². The molecule has 2 aliphatic rings. The third-order valence-corrected chi connectivity index (χ3v) is 8.03. The molecule has 0 saturated carbocycles. The fourth-order valence-electron chi connectivity index (χ4n) is 4.89. The fourth-order valence-corrected chi connectivity index (χ4v) is 6.19. The van der Waals surface area contributed by atoms with Gasteiger partial charge in [-0.05, 0) is 54.5 Å². The van der Waals surface area contributed by atoms with Crippen molar-refractivity contribution >= 4 is 23.5 Å². The van der Waals surface area contributed by atoms with Crippen LogP contribution in [0.4, 0.5) is 0 Å². The minimum Gasteiger partial charge on any atom is -0.507 e. The lowest BCUT2D eigenvalue weighted by Gasteiger charge is -2.37. The molecular formula is C27H35N3O2S. The summed E-state index contributed by atoms with van der Waals surface area (Å²) in [6.07, 6.45) is 10.9. The maximum Gasteiger partial charge on any atom is 0.238 e. The highest BCUT2D eigenvalue weighted by Crippen LogP contribution is 2.53. The molecule has 1 aromatic heterocycles. The number of unbranched alkanes of at least 4 members (excludes halogenated alkanes) is 2. The number of aryl methyl sites for hydroxylation is 1. The van der Waals surface area contributed by atoms with Gasteiger partial charge in [0.15, 0.2) is 0 Å². The standard InChI is InChI=1S/C27H35N3O2S/c1-4-7-10-18-14-21-23-26(33-24(21)22(31)15-18)29-25(20(6-3)12-8-5-2)30(27(23)32)17-19-11-9-13-28-16-19/h9,11,13-16,20,23,26,31H,4-8,10,12,17H2,1-3H3/t20?,23?,26-/m1/s1. The van der Waals surface area contributed by atoms with Crippen LogP contribution >= 0.6 is 11.8 Å². The third-order valence-electron chi connectivity index (χ3n) is 6.73. The Balaban J connectivity index is 1.73. The SMILES string of the molecule is CCCCc1cc(O)c2c(c1)C1C(=O)N(Cc3cccnc3)C(C(CC)CCCC)=N[C@@H]1S2. The molecule has 0 saturated heterocycles. The predicted octanol–water partition coefficient (Wildman–Crippen LogP) is 6.30. The number of phenolic OH excluding ortho intramolecular Hbond substituents is 1. The van der Waals surface area contributed by atoms with Gasteiger partial charge < -0.3 is 5.11 Å². The first-order chi connectivity index (χ1) is 16.1. The Kier molecular flexibility index (Phi) is 7.74. The van der Waals surface area contributed by atoms with Gasteiger partial charge in [0.2, 0.25) is 5.91 Å². The van der Waals surface area contributed by atoms with Crippen LogP contribution in [0.3, 0.4) is 0 Å². The van der Waals surface area contributed by atoms with Crippen LogP contribution in [0.15, 0.2) is 46.5 Å². The number of aliphatic imine (C=N–C) groups is 1. The van der Waals surface area contributed by atoms with Crippen LogP contribution < -0.4 is 0 Å². The number of rotatable bonds is 10. The molecule has 6 heteroatoms. The Bertz CT molecular complexity index is 1010. The number of hydrogen-bond donors (Lipinski definition) is 1. The largest absolute Gasteiger partial charge is 0.507 e. The molecule has 1 amide bonds. The average molecular weight is 466 g/mol. The second-order valence-corrected chi connectivity index (χ2v) is 10.3. The highest BCUT2D eigenvalue weighted by Gasteiger charge is 2.47. The van der Waals surface area contributed by atoms with E-state index in [0.717, 1.165) is 72.4 Å². The topological polar surface area (TPSA) is 65.8 Å². The zero-order chi connectivity index (χ0) is 23.4. The van der Waals surface area contributed by atoms with Crippen LogP contribution in [0, 0.1) is 5.92 Å². The predicted molar refractivity (Wildman–Crippen MR) is 135 cm³/mol. The molecule has 0 bridgehead atoms. The molecule has 3 heterocycles. The van der Waals surface area contributed by atoms with Crippen molar-refractivity contribution in [1.82, 2.24) is 9.88 Å². The first-order valence-electron chi connectivity index (χ1n) is 12.4. The highest BCUT2D eigenvalue weighted by atomic mass is 32.2. The number of phenols is 1. The van der Waals surface area contributed by atoms with Gasteiger partial charge in [-0.3, -0.25) is 19.7 Å². The second-order valence-electron chi connectivity index (χ2n) is 9.14. The van der Waals surface area contributed by atoms with Gasteiger partial charge in [-0.25, -0.2) is 0 Å². The molecule has 0 fully saturated rings. The summed E-state index contributed by atoms with van der Waals surface area (Å²) in [6, 6.07) is 7.94. The molecule has 3 atom stereocenters. The van der Waals surface area contributed by atoms with Crippen molar-refractivity contribution < 1.29 is 9.90 Å². The maximum atomic E-state index is 14.0. The van der Waals surface area contributed by atoms with E-state index in [1.54, 1.807) is 18.0 Å². The molecule has 1 aromatic carbocycles. The molecule has 4 rings (SSSR count). The van der Waals surface area contributed by atoms with E-state index in [0.29, 0.717) is 12.3 Å². The van der Waals surface area contributed by atoms with Gasteiger partial charge in [-0.15, -0.1) is 0 Å². The van der Waals surface area contributed by atoms with Gasteiger partial charge in [0, 0.05) is 18.3 Å². The Morgan fingerprint density at radius 2 is 1.97 bits per heavy atom. The molecule has 0 radical (unpaired) electrons. The number of aromatic hydroxyl groups is 1. The molecule has 176 valence electrons. The number of amides is 1. The normalized spacial score (nSPS) is 20.4. The monoisotopic (exact) mass is 465 g/mol. The first-order valence-corrected chi connectivity index (χ1v) is 13.3. The molecule has 33 heavy (non-hydrogen) atoms. The summed E-state index contributed by atoms with van der Waals surface area (Å²) < 4.78 is 0. The Morgan fingerprint density at radius 1 is 1.15 bits per heavy atom. The van der Waals surface area contributed by atoms with Crippen LogP contribution in [0.1, 0.15) is 81.9 Å². The van der Waals surface area contributed by atoms with Gasteiger partial charge in [-0.1, -0.05) is 63.9 Å². The maximum absolute atomic E-state index is 14.0. The average Bonchev–Trinajstić information content (AvgIpc) is 3.20. The number of benzene rings is 1. The lowest BCUT2D eigenvalue weighted by atomic mass is 9.90. The molecule has 2 unspecified atom stereocenters. The smallest absolute Gasteiger partial charge is 0.238 e. The highest BCUT2D eigenvalue weighted by molar-refractivity contribution is 8.00. The van der Waals surface area contributed by atoms with Crippen LogP contribution in [0.5, 0.6) is 5.75 Å². The quantitative estimate of drug-likeness (QED) is 0.447. The summed E-state index contributed by atoms with van der Waals surface area (Å²) in [4.78, 5) is 26.2.